The second-order valence-corrected chi connectivity index (χ2v) is 2.38. The topological polar surface area (TPSA) is 17.1 Å². The Morgan fingerprint density at radius 1 is 1.12 bits per heavy atom. The first-order chi connectivity index (χ1) is 3.81. The van der Waals surface area contributed by atoms with Gasteiger partial charge in [0.15, 0.2) is 0 Å². The Bertz CT molecular complexity index is 64.8. The second-order valence-electron chi connectivity index (χ2n) is 1.49. The Labute approximate surface area is 60.7 Å². The van der Waals surface area contributed by atoms with Gasteiger partial charge in [0, 0.05) is 12.8 Å². The molecule has 0 amide bonds. The summed E-state index contributed by atoms with van der Waals surface area (Å²) in [6.45, 7) is 0. The molecule has 0 aliphatic carbocycles. The van der Waals surface area contributed by atoms with Crippen LogP contribution in [0.3, 0.4) is 0 Å². The zero-order valence-corrected chi connectivity index (χ0v) is 6.42. The van der Waals surface area contributed by atoms with E-state index in [1.165, 1.54) is 0 Å². The highest BCUT2D eigenvalue weighted by atomic mass is 32.1. The van der Waals surface area contributed by atoms with E-state index in [9.17, 15) is 4.79 Å². The number of hydrogen-bond acceptors (Lipinski definition) is 3. The first-order valence-corrected chi connectivity index (χ1v) is 3.81. The van der Waals surface area contributed by atoms with Gasteiger partial charge in [0.05, 0.1) is 0 Å². The van der Waals surface area contributed by atoms with Crippen LogP contribution in [0.25, 0.3) is 0 Å². The standard InChI is InChI=1S/C5H10OS2/c6-5(1-3-7)2-4-8/h7-8H,1-4H2. The maximum absolute atomic E-state index is 10.5. The van der Waals surface area contributed by atoms with E-state index in [0.717, 1.165) is 0 Å². The molecule has 0 fully saturated rings. The van der Waals surface area contributed by atoms with Gasteiger partial charge in [-0.05, 0) is 11.5 Å². The van der Waals surface area contributed by atoms with Crippen LogP contribution in [0, 0.1) is 0 Å². The summed E-state index contributed by atoms with van der Waals surface area (Å²) in [4.78, 5) is 10.5. The molecule has 0 atom stereocenters. The van der Waals surface area contributed by atoms with Gasteiger partial charge in [-0.3, -0.25) is 4.79 Å². The molecule has 0 unspecified atom stereocenters. The Morgan fingerprint density at radius 2 is 1.50 bits per heavy atom. The van der Waals surface area contributed by atoms with Gasteiger partial charge in [-0.1, -0.05) is 0 Å². The summed E-state index contributed by atoms with van der Waals surface area (Å²) in [6.07, 6.45) is 1.17. The number of rotatable bonds is 4. The van der Waals surface area contributed by atoms with E-state index in [4.69, 9.17) is 0 Å². The van der Waals surface area contributed by atoms with Gasteiger partial charge in [-0.25, -0.2) is 0 Å². The summed E-state index contributed by atoms with van der Waals surface area (Å²) in [7, 11) is 0. The zero-order valence-electron chi connectivity index (χ0n) is 4.63. The van der Waals surface area contributed by atoms with Crippen LogP contribution in [-0.4, -0.2) is 17.3 Å². The van der Waals surface area contributed by atoms with E-state index >= 15 is 0 Å². The monoisotopic (exact) mass is 150 g/mol. The van der Waals surface area contributed by atoms with Crippen molar-refractivity contribution in [2.45, 2.75) is 12.8 Å². The highest BCUT2D eigenvalue weighted by Gasteiger charge is 1.95. The van der Waals surface area contributed by atoms with Gasteiger partial charge in [0.25, 0.3) is 0 Å². The van der Waals surface area contributed by atoms with Crippen molar-refractivity contribution in [3.63, 3.8) is 0 Å². The van der Waals surface area contributed by atoms with Crippen molar-refractivity contribution < 1.29 is 4.79 Å². The second kappa shape index (κ2) is 5.51. The molecule has 0 radical (unpaired) electrons. The predicted molar refractivity (Wildman–Crippen MR) is 41.9 cm³/mol. The van der Waals surface area contributed by atoms with E-state index < -0.39 is 0 Å². The van der Waals surface area contributed by atoms with Crippen molar-refractivity contribution in [2.24, 2.45) is 0 Å². The van der Waals surface area contributed by atoms with Crippen LogP contribution in [0.4, 0.5) is 0 Å². The number of Topliss-reactive ketones (excluding diaryl/α,β-unsaturated/α-hetero) is 1. The molecule has 8 heavy (non-hydrogen) atoms. The lowest BCUT2D eigenvalue weighted by atomic mass is 10.2. The van der Waals surface area contributed by atoms with Gasteiger partial charge >= 0.3 is 0 Å². The smallest absolute Gasteiger partial charge is 0.134 e. The van der Waals surface area contributed by atoms with E-state index in [1.54, 1.807) is 0 Å². The Balaban J connectivity index is 3.06. The Kier molecular flexibility index (Phi) is 5.76. The number of carbonyl (C=O) groups is 1. The molecule has 0 saturated carbocycles. The van der Waals surface area contributed by atoms with Crippen molar-refractivity contribution in [3.05, 3.63) is 0 Å². The third-order valence-electron chi connectivity index (χ3n) is 0.781. The molecular formula is C5H10OS2. The first-order valence-electron chi connectivity index (χ1n) is 2.54. The summed E-state index contributed by atoms with van der Waals surface area (Å²) in [5.41, 5.74) is 0. The highest BCUT2D eigenvalue weighted by Crippen LogP contribution is 1.92. The molecule has 0 aliphatic rings. The fourth-order valence-corrected chi connectivity index (χ4v) is 0.873. The van der Waals surface area contributed by atoms with Crippen molar-refractivity contribution in [1.82, 2.24) is 0 Å². The fraction of sp³-hybridized carbons (Fsp3) is 0.800. The third-order valence-corrected chi connectivity index (χ3v) is 1.23. The fourth-order valence-electron chi connectivity index (χ4n) is 0.374. The van der Waals surface area contributed by atoms with E-state index in [1.807, 2.05) is 0 Å². The lowest BCUT2D eigenvalue weighted by molar-refractivity contribution is -0.118. The van der Waals surface area contributed by atoms with Crippen LogP contribution in [0.2, 0.25) is 0 Å². The number of hydrogen-bond donors (Lipinski definition) is 2. The minimum Gasteiger partial charge on any atom is -0.300 e. The maximum Gasteiger partial charge on any atom is 0.134 e. The maximum atomic E-state index is 10.5. The normalized spacial score (nSPS) is 9.25. The molecule has 1 nitrogen and oxygen atoms in total. The predicted octanol–water partition coefficient (Wildman–Crippen LogP) is 1.20. The van der Waals surface area contributed by atoms with Crippen LogP contribution in [-0.2, 0) is 4.79 Å². The van der Waals surface area contributed by atoms with E-state index in [-0.39, 0.29) is 5.78 Å². The molecule has 0 aromatic heterocycles. The largest absolute Gasteiger partial charge is 0.300 e. The van der Waals surface area contributed by atoms with Gasteiger partial charge in [0.1, 0.15) is 5.78 Å². The molecule has 0 aromatic carbocycles. The van der Waals surface area contributed by atoms with Crippen LogP contribution >= 0.6 is 25.3 Å². The van der Waals surface area contributed by atoms with Crippen molar-refractivity contribution in [1.29, 1.82) is 0 Å². The lowest BCUT2D eigenvalue weighted by Crippen LogP contribution is -1.98. The molecule has 0 aliphatic heterocycles. The summed E-state index contributed by atoms with van der Waals surface area (Å²) in [5.74, 6) is 1.58. The van der Waals surface area contributed by atoms with Gasteiger partial charge < -0.3 is 0 Å². The molecule has 0 heterocycles. The van der Waals surface area contributed by atoms with Crippen LogP contribution in [0.15, 0.2) is 0 Å². The SMILES string of the molecule is O=C(CCS)CCS. The Hall–Kier alpha value is 0.370. The van der Waals surface area contributed by atoms with E-state index in [0.29, 0.717) is 24.3 Å². The first kappa shape index (κ1) is 8.37. The van der Waals surface area contributed by atoms with Crippen molar-refractivity contribution >= 4 is 31.0 Å². The molecule has 0 bridgehead atoms. The molecule has 0 rings (SSSR count). The minimum absolute atomic E-state index is 0.259. The van der Waals surface area contributed by atoms with Gasteiger partial charge in [0.2, 0.25) is 0 Å². The molecule has 3 heteroatoms. The quantitative estimate of drug-likeness (QED) is 0.576. The number of carbonyl (C=O) groups excluding carboxylic acids is 1. The van der Waals surface area contributed by atoms with E-state index in [2.05, 4.69) is 25.3 Å². The van der Waals surface area contributed by atoms with Crippen LogP contribution < -0.4 is 0 Å². The average molecular weight is 150 g/mol. The molecular weight excluding hydrogens is 140 g/mol. The Morgan fingerprint density at radius 3 is 1.75 bits per heavy atom. The summed E-state index contributed by atoms with van der Waals surface area (Å²) in [6, 6.07) is 0. The lowest BCUT2D eigenvalue weighted by Gasteiger charge is -1.90. The molecule has 0 N–H and O–H groups in total. The minimum atomic E-state index is 0.259. The van der Waals surface area contributed by atoms with Gasteiger partial charge in [-0.15, -0.1) is 0 Å². The number of ketones is 1. The third kappa shape index (κ3) is 4.53. The number of thiol groups is 2. The average Bonchev–Trinajstić information content (AvgIpc) is 1.68. The van der Waals surface area contributed by atoms with Crippen LogP contribution in [0.1, 0.15) is 12.8 Å². The van der Waals surface area contributed by atoms with Gasteiger partial charge in [-0.2, -0.15) is 25.3 Å². The highest BCUT2D eigenvalue weighted by molar-refractivity contribution is 7.80. The molecule has 0 aromatic rings. The van der Waals surface area contributed by atoms with Crippen molar-refractivity contribution in [3.8, 4) is 0 Å². The molecule has 0 saturated heterocycles. The summed E-state index contributed by atoms with van der Waals surface area (Å²) in [5, 5.41) is 0. The molecule has 48 valence electrons. The molecule has 0 spiro atoms. The summed E-state index contributed by atoms with van der Waals surface area (Å²) >= 11 is 7.81. The summed E-state index contributed by atoms with van der Waals surface area (Å²) < 4.78 is 0. The van der Waals surface area contributed by atoms with Crippen molar-refractivity contribution in [2.75, 3.05) is 11.5 Å². The van der Waals surface area contributed by atoms with Crippen LogP contribution in [0.5, 0.6) is 0 Å². The zero-order chi connectivity index (χ0) is 6.41.